The highest BCUT2D eigenvalue weighted by atomic mass is 79.9. The van der Waals surface area contributed by atoms with Gasteiger partial charge in [0.05, 0.1) is 10.2 Å². The monoisotopic (exact) mass is 430 g/mol. The molecule has 4 nitrogen and oxygen atoms in total. The van der Waals surface area contributed by atoms with Crippen molar-refractivity contribution in [1.29, 1.82) is 0 Å². The maximum absolute atomic E-state index is 11.7. The molecule has 0 atom stereocenters. The quantitative estimate of drug-likeness (QED) is 0.569. The Morgan fingerprint density at radius 2 is 2.19 bits per heavy atom. The van der Waals surface area contributed by atoms with Crippen LogP contribution in [0.3, 0.4) is 0 Å². The van der Waals surface area contributed by atoms with Crippen molar-refractivity contribution in [2.75, 3.05) is 6.61 Å². The molecule has 0 fully saturated rings. The molecule has 2 rings (SSSR count). The molecular weight excluding hydrogens is 420 g/mol. The third-order valence-corrected chi connectivity index (χ3v) is 4.57. The number of hydrogen-bond acceptors (Lipinski definition) is 4. The van der Waals surface area contributed by atoms with Gasteiger partial charge in [-0.25, -0.2) is 5.43 Å². The molecule has 1 aromatic heterocycles. The Balaban J connectivity index is 1.86. The lowest BCUT2D eigenvalue weighted by Gasteiger charge is -2.07. The second-order valence-corrected chi connectivity index (χ2v) is 6.79. The van der Waals surface area contributed by atoms with Crippen LogP contribution in [0.15, 0.2) is 49.8 Å². The first kappa shape index (κ1) is 16.2. The Morgan fingerprint density at radius 1 is 1.38 bits per heavy atom. The first-order chi connectivity index (χ1) is 10.1. The van der Waals surface area contributed by atoms with Gasteiger partial charge < -0.3 is 4.74 Å². The molecule has 1 N–H and O–H groups in total. The third kappa shape index (κ3) is 4.94. The summed E-state index contributed by atoms with van der Waals surface area (Å²) in [6.07, 6.45) is 0. The molecule has 1 heterocycles. The first-order valence-electron chi connectivity index (χ1n) is 6.01. The van der Waals surface area contributed by atoms with Crippen LogP contribution in [0.5, 0.6) is 5.75 Å². The molecule has 0 saturated heterocycles. The van der Waals surface area contributed by atoms with Gasteiger partial charge in [0, 0.05) is 9.35 Å². The first-order valence-corrected chi connectivity index (χ1v) is 8.47. The van der Waals surface area contributed by atoms with Crippen LogP contribution < -0.4 is 10.2 Å². The van der Waals surface area contributed by atoms with Gasteiger partial charge in [-0.3, -0.25) is 4.79 Å². The maximum Gasteiger partial charge on any atom is 0.277 e. The van der Waals surface area contributed by atoms with Crippen molar-refractivity contribution in [3.8, 4) is 5.75 Å². The molecule has 0 radical (unpaired) electrons. The Hall–Kier alpha value is -1.18. The minimum atomic E-state index is -0.305. The average molecular weight is 432 g/mol. The predicted octanol–water partition coefficient (Wildman–Crippen LogP) is 4.19. The van der Waals surface area contributed by atoms with Crippen molar-refractivity contribution in [1.82, 2.24) is 5.43 Å². The minimum absolute atomic E-state index is 0.0958. The van der Waals surface area contributed by atoms with E-state index in [0.717, 1.165) is 19.5 Å². The summed E-state index contributed by atoms with van der Waals surface area (Å²) in [4.78, 5) is 12.7. The van der Waals surface area contributed by atoms with Crippen LogP contribution >= 0.6 is 43.2 Å². The molecule has 0 unspecified atom stereocenters. The Morgan fingerprint density at radius 3 is 2.86 bits per heavy atom. The number of hydrazone groups is 1. The highest BCUT2D eigenvalue weighted by Gasteiger charge is 2.06. The highest BCUT2D eigenvalue weighted by Crippen LogP contribution is 2.28. The lowest BCUT2D eigenvalue weighted by Crippen LogP contribution is -2.25. The molecule has 1 amide bonds. The largest absolute Gasteiger partial charge is 0.483 e. The van der Waals surface area contributed by atoms with E-state index in [4.69, 9.17) is 4.74 Å². The second-order valence-electron chi connectivity index (χ2n) is 4.07. The van der Waals surface area contributed by atoms with E-state index in [0.29, 0.717) is 5.75 Å². The van der Waals surface area contributed by atoms with Crippen LogP contribution in [0, 0.1) is 0 Å². The molecule has 7 heteroatoms. The van der Waals surface area contributed by atoms with Crippen molar-refractivity contribution in [2.24, 2.45) is 5.10 Å². The van der Waals surface area contributed by atoms with Crippen molar-refractivity contribution in [3.05, 3.63) is 49.5 Å². The van der Waals surface area contributed by atoms with E-state index in [9.17, 15) is 4.79 Å². The number of halogens is 2. The fraction of sp³-hybridized carbons (Fsp3) is 0.143. The van der Waals surface area contributed by atoms with Crippen molar-refractivity contribution in [2.45, 2.75) is 6.92 Å². The number of benzene rings is 1. The van der Waals surface area contributed by atoms with E-state index in [1.54, 1.807) is 17.4 Å². The second kappa shape index (κ2) is 7.72. The lowest BCUT2D eigenvalue weighted by molar-refractivity contribution is -0.123. The molecule has 0 aliphatic heterocycles. The van der Waals surface area contributed by atoms with Gasteiger partial charge in [-0.1, -0.05) is 22.0 Å². The highest BCUT2D eigenvalue weighted by molar-refractivity contribution is 9.11. The smallest absolute Gasteiger partial charge is 0.277 e. The Bertz CT molecular complexity index is 657. The third-order valence-electron chi connectivity index (χ3n) is 2.48. The van der Waals surface area contributed by atoms with E-state index in [1.807, 2.05) is 36.6 Å². The maximum atomic E-state index is 11.7. The molecule has 0 aliphatic carbocycles. The number of carbonyl (C=O) groups is 1. The van der Waals surface area contributed by atoms with Crippen molar-refractivity contribution >= 4 is 54.8 Å². The number of hydrogen-bond donors (Lipinski definition) is 1. The summed E-state index contributed by atoms with van der Waals surface area (Å²) in [5.41, 5.74) is 3.24. The summed E-state index contributed by atoms with van der Waals surface area (Å²) in [5.74, 6) is 0.299. The summed E-state index contributed by atoms with van der Waals surface area (Å²) in [6.45, 7) is 1.75. The number of amides is 1. The molecule has 1 aromatic carbocycles. The topological polar surface area (TPSA) is 50.7 Å². The zero-order valence-electron chi connectivity index (χ0n) is 11.1. The molecular formula is C14H12Br2N2O2S. The standard InChI is InChI=1S/C14H12Br2N2O2S/c1-9(13-3-2-6-21-13)17-18-14(19)8-20-12-5-4-10(15)7-11(12)16/h2-7H,8H2,1H3,(H,18,19). The molecule has 21 heavy (non-hydrogen) atoms. The summed E-state index contributed by atoms with van der Waals surface area (Å²) < 4.78 is 7.14. The van der Waals surface area contributed by atoms with Gasteiger partial charge in [-0.15, -0.1) is 11.3 Å². The van der Waals surface area contributed by atoms with E-state index in [-0.39, 0.29) is 12.5 Å². The molecule has 110 valence electrons. The predicted molar refractivity (Wildman–Crippen MR) is 92.0 cm³/mol. The van der Waals surface area contributed by atoms with Crippen LogP contribution in [0.1, 0.15) is 11.8 Å². The summed E-state index contributed by atoms with van der Waals surface area (Å²) in [6, 6.07) is 9.37. The van der Waals surface area contributed by atoms with E-state index < -0.39 is 0 Å². The summed E-state index contributed by atoms with van der Waals surface area (Å²) in [5, 5.41) is 6.01. The Kier molecular flexibility index (Phi) is 5.96. The lowest BCUT2D eigenvalue weighted by atomic mass is 10.3. The van der Waals surface area contributed by atoms with Gasteiger partial charge in [-0.2, -0.15) is 5.10 Å². The van der Waals surface area contributed by atoms with Gasteiger partial charge >= 0.3 is 0 Å². The molecule has 0 aliphatic rings. The van der Waals surface area contributed by atoms with Crippen LogP contribution in [0.25, 0.3) is 0 Å². The minimum Gasteiger partial charge on any atom is -0.483 e. The zero-order chi connectivity index (χ0) is 15.2. The van der Waals surface area contributed by atoms with Gasteiger partial charge in [-0.05, 0) is 52.5 Å². The van der Waals surface area contributed by atoms with Crippen LogP contribution in [0.2, 0.25) is 0 Å². The number of carbonyl (C=O) groups excluding carboxylic acids is 1. The molecule has 0 spiro atoms. The van der Waals surface area contributed by atoms with Crippen LogP contribution in [-0.2, 0) is 4.79 Å². The molecule has 2 aromatic rings. The molecule has 0 saturated carbocycles. The SMILES string of the molecule is CC(=NNC(=O)COc1ccc(Br)cc1Br)c1cccs1. The average Bonchev–Trinajstić information content (AvgIpc) is 2.98. The zero-order valence-corrected chi connectivity index (χ0v) is 15.1. The van der Waals surface area contributed by atoms with Crippen molar-refractivity contribution in [3.63, 3.8) is 0 Å². The summed E-state index contributed by atoms with van der Waals surface area (Å²) >= 11 is 8.30. The van der Waals surface area contributed by atoms with Crippen LogP contribution in [0.4, 0.5) is 0 Å². The fourth-order valence-corrected chi connectivity index (χ4v) is 3.29. The number of rotatable bonds is 5. The number of ether oxygens (including phenoxy) is 1. The Labute approximate surface area is 143 Å². The number of nitrogens with zero attached hydrogens (tertiary/aromatic N) is 1. The van der Waals surface area contributed by atoms with E-state index >= 15 is 0 Å². The normalized spacial score (nSPS) is 11.3. The number of thiophene rings is 1. The van der Waals surface area contributed by atoms with Crippen molar-refractivity contribution < 1.29 is 9.53 Å². The van der Waals surface area contributed by atoms with Crippen LogP contribution in [-0.4, -0.2) is 18.2 Å². The fourth-order valence-electron chi connectivity index (χ4n) is 1.45. The van der Waals surface area contributed by atoms with E-state index in [2.05, 4.69) is 42.4 Å². The van der Waals surface area contributed by atoms with Gasteiger partial charge in [0.1, 0.15) is 5.75 Å². The molecule has 0 bridgehead atoms. The summed E-state index contributed by atoms with van der Waals surface area (Å²) in [7, 11) is 0. The van der Waals surface area contributed by atoms with Gasteiger partial charge in [0.15, 0.2) is 6.61 Å². The van der Waals surface area contributed by atoms with E-state index in [1.165, 1.54) is 0 Å². The van der Waals surface area contributed by atoms with Gasteiger partial charge in [0.2, 0.25) is 0 Å². The number of nitrogens with one attached hydrogen (secondary N) is 1. The van der Waals surface area contributed by atoms with Gasteiger partial charge in [0.25, 0.3) is 5.91 Å².